The normalized spacial score (nSPS) is 10.4. The Hall–Kier alpha value is -2.18. The molecule has 3 aromatic rings. The monoisotopic (exact) mass is 304 g/mol. The zero-order valence-electron chi connectivity index (χ0n) is 10.1. The van der Waals surface area contributed by atoms with Gasteiger partial charge in [0.2, 0.25) is 5.13 Å². The Morgan fingerprint density at radius 1 is 1.25 bits per heavy atom. The zero-order valence-corrected chi connectivity index (χ0v) is 11.7. The lowest BCUT2D eigenvalue weighted by Gasteiger charge is -1.97. The molecular weight excluding hydrogens is 296 g/mol. The molecule has 0 spiro atoms. The summed E-state index contributed by atoms with van der Waals surface area (Å²) in [6, 6.07) is 11.2. The summed E-state index contributed by atoms with van der Waals surface area (Å²) in [4.78, 5) is 14.7. The van der Waals surface area contributed by atoms with Crippen LogP contribution >= 0.6 is 22.9 Å². The van der Waals surface area contributed by atoms with E-state index in [2.05, 4.69) is 20.5 Å². The van der Waals surface area contributed by atoms with E-state index in [1.54, 1.807) is 12.3 Å². The second kappa shape index (κ2) is 5.44. The summed E-state index contributed by atoms with van der Waals surface area (Å²) in [5, 5.41) is 12.4. The van der Waals surface area contributed by atoms with Crippen LogP contribution in [0, 0.1) is 0 Å². The number of benzene rings is 1. The van der Waals surface area contributed by atoms with E-state index in [9.17, 15) is 4.79 Å². The van der Waals surface area contributed by atoms with Crippen molar-refractivity contribution >= 4 is 34.0 Å². The number of amides is 1. The maximum Gasteiger partial charge on any atom is 0.273 e. The predicted octanol–water partition coefficient (Wildman–Crippen LogP) is 3.44. The van der Waals surface area contributed by atoms with Gasteiger partial charge in [-0.15, -0.1) is 10.2 Å². The summed E-state index contributed by atoms with van der Waals surface area (Å²) in [5.41, 5.74) is 1.35. The molecule has 0 aliphatic carbocycles. The van der Waals surface area contributed by atoms with Crippen LogP contribution in [-0.4, -0.2) is 21.1 Å². The van der Waals surface area contributed by atoms with Gasteiger partial charge in [-0.05, 0) is 6.07 Å². The summed E-state index contributed by atoms with van der Waals surface area (Å²) in [6.45, 7) is 0. The van der Waals surface area contributed by atoms with Crippen molar-refractivity contribution in [3.8, 4) is 10.6 Å². The number of hydrogen-bond acceptors (Lipinski definition) is 4. The number of nitrogens with zero attached hydrogens (tertiary/aromatic N) is 2. The van der Waals surface area contributed by atoms with Gasteiger partial charge in [0.05, 0.1) is 5.02 Å². The fourth-order valence-corrected chi connectivity index (χ4v) is 2.54. The largest absolute Gasteiger partial charge is 0.356 e. The molecule has 0 saturated heterocycles. The summed E-state index contributed by atoms with van der Waals surface area (Å²) in [6.07, 6.45) is 1.55. The number of nitrogens with one attached hydrogen (secondary N) is 2. The molecule has 0 atom stereocenters. The highest BCUT2D eigenvalue weighted by molar-refractivity contribution is 7.18. The molecule has 7 heteroatoms. The Kier molecular flexibility index (Phi) is 3.49. The van der Waals surface area contributed by atoms with Gasteiger partial charge in [0.15, 0.2) is 0 Å². The first-order valence-corrected chi connectivity index (χ1v) is 6.96. The number of carbonyl (C=O) groups is 1. The van der Waals surface area contributed by atoms with Crippen molar-refractivity contribution in [2.75, 3.05) is 5.32 Å². The second-order valence-corrected chi connectivity index (χ2v) is 5.38. The van der Waals surface area contributed by atoms with Crippen molar-refractivity contribution in [1.29, 1.82) is 0 Å². The van der Waals surface area contributed by atoms with Gasteiger partial charge in [-0.3, -0.25) is 10.1 Å². The molecular formula is C13H9ClN4OS. The lowest BCUT2D eigenvalue weighted by atomic mass is 10.2. The average molecular weight is 305 g/mol. The first kappa shape index (κ1) is 12.8. The number of aromatic nitrogens is 3. The van der Waals surface area contributed by atoms with Gasteiger partial charge in [0.1, 0.15) is 10.7 Å². The molecule has 20 heavy (non-hydrogen) atoms. The lowest BCUT2D eigenvalue weighted by Crippen LogP contribution is -2.11. The molecule has 0 fully saturated rings. The van der Waals surface area contributed by atoms with E-state index in [1.807, 2.05) is 30.3 Å². The Bertz CT molecular complexity index is 738. The van der Waals surface area contributed by atoms with Crippen molar-refractivity contribution in [3.05, 3.63) is 53.3 Å². The van der Waals surface area contributed by atoms with Gasteiger partial charge in [-0.2, -0.15) is 0 Å². The van der Waals surface area contributed by atoms with Crippen molar-refractivity contribution < 1.29 is 4.79 Å². The Morgan fingerprint density at radius 3 is 2.75 bits per heavy atom. The molecule has 100 valence electrons. The molecule has 0 radical (unpaired) electrons. The fraction of sp³-hybridized carbons (Fsp3) is 0. The fourth-order valence-electron chi connectivity index (χ4n) is 1.63. The first-order valence-electron chi connectivity index (χ1n) is 5.76. The number of halogens is 1. The van der Waals surface area contributed by atoms with Crippen LogP contribution in [0.4, 0.5) is 5.13 Å². The standard InChI is InChI=1S/C13H9ClN4OS/c14-9-6-10(15-7-9)11(19)16-13-18-17-12(20-13)8-4-2-1-3-5-8/h1-7,15H,(H,16,18,19). The predicted molar refractivity (Wildman–Crippen MR) is 79.1 cm³/mol. The Labute approximate surface area is 123 Å². The minimum atomic E-state index is -0.298. The van der Waals surface area contributed by atoms with Crippen LogP contribution < -0.4 is 5.32 Å². The molecule has 0 aliphatic rings. The highest BCUT2D eigenvalue weighted by Gasteiger charge is 2.12. The minimum Gasteiger partial charge on any atom is -0.356 e. The highest BCUT2D eigenvalue weighted by atomic mass is 35.5. The van der Waals surface area contributed by atoms with Crippen LogP contribution in [0.15, 0.2) is 42.6 Å². The number of rotatable bonds is 3. The van der Waals surface area contributed by atoms with Gasteiger partial charge in [-0.25, -0.2) is 0 Å². The summed E-state index contributed by atoms with van der Waals surface area (Å²) in [5.74, 6) is -0.298. The van der Waals surface area contributed by atoms with E-state index < -0.39 is 0 Å². The molecule has 2 N–H and O–H groups in total. The molecule has 3 rings (SSSR count). The molecule has 0 aliphatic heterocycles. The lowest BCUT2D eigenvalue weighted by molar-refractivity contribution is 0.102. The molecule has 2 heterocycles. The topological polar surface area (TPSA) is 70.7 Å². The van der Waals surface area contributed by atoms with Crippen molar-refractivity contribution in [3.63, 3.8) is 0 Å². The maximum absolute atomic E-state index is 11.9. The number of carbonyl (C=O) groups excluding carboxylic acids is 1. The molecule has 0 unspecified atom stereocenters. The molecule has 0 bridgehead atoms. The van der Waals surface area contributed by atoms with Crippen LogP contribution in [0.3, 0.4) is 0 Å². The van der Waals surface area contributed by atoms with Crippen molar-refractivity contribution in [2.45, 2.75) is 0 Å². The number of aromatic amines is 1. The van der Waals surface area contributed by atoms with Crippen LogP contribution in [0.25, 0.3) is 10.6 Å². The third kappa shape index (κ3) is 2.71. The average Bonchev–Trinajstić information content (AvgIpc) is 3.09. The van der Waals surface area contributed by atoms with Crippen LogP contribution in [0.2, 0.25) is 5.02 Å². The minimum absolute atomic E-state index is 0.298. The summed E-state index contributed by atoms with van der Waals surface area (Å²) in [7, 11) is 0. The van der Waals surface area contributed by atoms with Gasteiger partial charge in [0, 0.05) is 11.8 Å². The van der Waals surface area contributed by atoms with E-state index in [-0.39, 0.29) is 5.91 Å². The first-order chi connectivity index (χ1) is 9.72. The number of anilines is 1. The van der Waals surface area contributed by atoms with E-state index in [4.69, 9.17) is 11.6 Å². The smallest absolute Gasteiger partial charge is 0.273 e. The molecule has 1 amide bonds. The van der Waals surface area contributed by atoms with E-state index >= 15 is 0 Å². The number of H-pyrrole nitrogens is 1. The van der Waals surface area contributed by atoms with E-state index in [0.717, 1.165) is 10.6 Å². The third-order valence-electron chi connectivity index (χ3n) is 2.56. The third-order valence-corrected chi connectivity index (χ3v) is 3.66. The quantitative estimate of drug-likeness (QED) is 0.778. The van der Waals surface area contributed by atoms with Gasteiger partial charge < -0.3 is 4.98 Å². The second-order valence-electron chi connectivity index (χ2n) is 3.96. The Morgan fingerprint density at radius 2 is 2.05 bits per heavy atom. The van der Waals surface area contributed by atoms with Gasteiger partial charge >= 0.3 is 0 Å². The molecule has 0 saturated carbocycles. The van der Waals surface area contributed by atoms with Crippen LogP contribution in [-0.2, 0) is 0 Å². The zero-order chi connectivity index (χ0) is 13.9. The number of hydrogen-bond donors (Lipinski definition) is 2. The van der Waals surface area contributed by atoms with E-state index in [0.29, 0.717) is 15.8 Å². The van der Waals surface area contributed by atoms with Gasteiger partial charge in [-0.1, -0.05) is 53.3 Å². The van der Waals surface area contributed by atoms with Crippen molar-refractivity contribution in [1.82, 2.24) is 15.2 Å². The molecule has 5 nitrogen and oxygen atoms in total. The van der Waals surface area contributed by atoms with Crippen LogP contribution in [0.5, 0.6) is 0 Å². The Balaban J connectivity index is 1.76. The van der Waals surface area contributed by atoms with E-state index in [1.165, 1.54) is 11.3 Å². The maximum atomic E-state index is 11.9. The SMILES string of the molecule is O=C(Nc1nnc(-c2ccccc2)s1)c1cc(Cl)c[nH]1. The summed E-state index contributed by atoms with van der Waals surface area (Å²) >= 11 is 7.07. The van der Waals surface area contributed by atoms with Crippen molar-refractivity contribution in [2.24, 2.45) is 0 Å². The van der Waals surface area contributed by atoms with Gasteiger partial charge in [0.25, 0.3) is 5.91 Å². The van der Waals surface area contributed by atoms with Crippen LogP contribution in [0.1, 0.15) is 10.5 Å². The molecule has 1 aromatic carbocycles. The highest BCUT2D eigenvalue weighted by Crippen LogP contribution is 2.26. The summed E-state index contributed by atoms with van der Waals surface area (Å²) < 4.78 is 0. The molecule has 2 aromatic heterocycles.